The summed E-state index contributed by atoms with van der Waals surface area (Å²) in [5, 5.41) is 6.17. The number of nitrogens with one attached hydrogen (secondary N) is 2. The molecule has 1 heterocycles. The van der Waals surface area contributed by atoms with Gasteiger partial charge in [-0.3, -0.25) is 4.79 Å². The molecule has 6 heteroatoms. The van der Waals surface area contributed by atoms with E-state index in [9.17, 15) is 4.79 Å². The monoisotopic (exact) mass is 305 g/mol. The first-order chi connectivity index (χ1) is 10.5. The van der Waals surface area contributed by atoms with Gasteiger partial charge in [0.25, 0.3) is 0 Å². The van der Waals surface area contributed by atoms with Crippen molar-refractivity contribution in [1.29, 1.82) is 0 Å². The Hall–Kier alpha value is -1.85. The summed E-state index contributed by atoms with van der Waals surface area (Å²) in [6, 6.07) is 0. The maximum absolute atomic E-state index is 11.6. The molecule has 22 heavy (non-hydrogen) atoms. The van der Waals surface area contributed by atoms with Crippen LogP contribution in [0.1, 0.15) is 43.9 Å². The van der Waals surface area contributed by atoms with Crippen molar-refractivity contribution in [3.05, 3.63) is 11.3 Å². The maximum Gasteiger partial charge on any atom is 0.222 e. The highest BCUT2D eigenvalue weighted by Gasteiger charge is 2.25. The number of aromatic nitrogens is 2. The molecule has 1 aliphatic carbocycles. The second-order valence-electron chi connectivity index (χ2n) is 6.07. The molecule has 122 valence electrons. The SMILES string of the molecule is CCc1nc(N)nc(NCC2CCC(C(=O)NC)CC2)c1C. The van der Waals surface area contributed by atoms with E-state index in [2.05, 4.69) is 27.5 Å². The minimum absolute atomic E-state index is 0.179. The molecule has 0 saturated heterocycles. The molecule has 1 amide bonds. The number of amides is 1. The Balaban J connectivity index is 1.89. The number of hydrogen-bond acceptors (Lipinski definition) is 5. The lowest BCUT2D eigenvalue weighted by atomic mass is 9.81. The molecule has 0 spiro atoms. The summed E-state index contributed by atoms with van der Waals surface area (Å²) in [5.41, 5.74) is 7.85. The minimum Gasteiger partial charge on any atom is -0.369 e. The molecular weight excluding hydrogens is 278 g/mol. The quantitative estimate of drug-likeness (QED) is 0.772. The van der Waals surface area contributed by atoms with E-state index in [1.807, 2.05) is 6.92 Å². The first-order valence-electron chi connectivity index (χ1n) is 8.13. The summed E-state index contributed by atoms with van der Waals surface area (Å²) in [4.78, 5) is 20.2. The number of nitrogens with zero attached hydrogens (tertiary/aromatic N) is 2. The molecule has 0 aliphatic heterocycles. The van der Waals surface area contributed by atoms with Crippen LogP contribution in [0.2, 0.25) is 0 Å². The molecule has 1 aliphatic rings. The fourth-order valence-corrected chi connectivity index (χ4v) is 3.17. The molecule has 1 aromatic rings. The van der Waals surface area contributed by atoms with Crippen LogP contribution in [0, 0.1) is 18.8 Å². The van der Waals surface area contributed by atoms with Gasteiger partial charge in [0.2, 0.25) is 11.9 Å². The number of carbonyl (C=O) groups is 1. The molecule has 1 aromatic heterocycles. The zero-order valence-electron chi connectivity index (χ0n) is 13.8. The van der Waals surface area contributed by atoms with Crippen LogP contribution in [0.3, 0.4) is 0 Å². The number of hydrogen-bond donors (Lipinski definition) is 3. The molecule has 1 fully saturated rings. The second kappa shape index (κ2) is 7.42. The van der Waals surface area contributed by atoms with E-state index in [0.29, 0.717) is 11.9 Å². The summed E-state index contributed by atoms with van der Waals surface area (Å²) in [6.45, 7) is 4.97. The predicted molar refractivity (Wildman–Crippen MR) is 88.6 cm³/mol. The number of anilines is 2. The van der Waals surface area contributed by atoms with Crippen LogP contribution >= 0.6 is 0 Å². The first-order valence-corrected chi connectivity index (χ1v) is 8.13. The van der Waals surface area contributed by atoms with Gasteiger partial charge >= 0.3 is 0 Å². The van der Waals surface area contributed by atoms with Crippen molar-refractivity contribution < 1.29 is 4.79 Å². The van der Waals surface area contributed by atoms with Crippen LogP contribution in [0.15, 0.2) is 0 Å². The van der Waals surface area contributed by atoms with E-state index in [1.54, 1.807) is 7.05 Å². The highest BCUT2D eigenvalue weighted by atomic mass is 16.1. The van der Waals surface area contributed by atoms with Gasteiger partial charge in [0.1, 0.15) is 5.82 Å². The lowest BCUT2D eigenvalue weighted by molar-refractivity contribution is -0.125. The Morgan fingerprint density at radius 3 is 2.55 bits per heavy atom. The average Bonchev–Trinajstić information content (AvgIpc) is 2.55. The van der Waals surface area contributed by atoms with Crippen molar-refractivity contribution in [1.82, 2.24) is 15.3 Å². The van der Waals surface area contributed by atoms with Gasteiger partial charge in [-0.15, -0.1) is 0 Å². The predicted octanol–water partition coefficient (Wildman–Crippen LogP) is 1.89. The summed E-state index contributed by atoms with van der Waals surface area (Å²) in [7, 11) is 1.71. The normalized spacial score (nSPS) is 21.4. The lowest BCUT2D eigenvalue weighted by Crippen LogP contribution is -2.32. The number of aryl methyl sites for hydroxylation is 1. The fraction of sp³-hybridized carbons (Fsp3) is 0.688. The summed E-state index contributed by atoms with van der Waals surface area (Å²) in [6.07, 6.45) is 4.94. The van der Waals surface area contributed by atoms with Crippen molar-refractivity contribution in [2.45, 2.75) is 46.0 Å². The molecule has 1 saturated carbocycles. The number of carbonyl (C=O) groups excluding carboxylic acids is 1. The highest BCUT2D eigenvalue weighted by Crippen LogP contribution is 2.29. The van der Waals surface area contributed by atoms with E-state index in [0.717, 1.165) is 55.7 Å². The smallest absolute Gasteiger partial charge is 0.222 e. The highest BCUT2D eigenvalue weighted by molar-refractivity contribution is 5.78. The third-order valence-corrected chi connectivity index (χ3v) is 4.62. The average molecular weight is 305 g/mol. The van der Waals surface area contributed by atoms with Gasteiger partial charge in [-0.25, -0.2) is 4.98 Å². The Morgan fingerprint density at radius 2 is 1.95 bits per heavy atom. The molecule has 6 nitrogen and oxygen atoms in total. The van der Waals surface area contributed by atoms with Gasteiger partial charge in [-0.05, 0) is 44.9 Å². The molecular formula is C16H27N5O. The molecule has 0 unspecified atom stereocenters. The molecule has 0 radical (unpaired) electrons. The summed E-state index contributed by atoms with van der Waals surface area (Å²) >= 11 is 0. The molecule has 0 aromatic carbocycles. The fourth-order valence-electron chi connectivity index (χ4n) is 3.17. The number of rotatable bonds is 5. The largest absolute Gasteiger partial charge is 0.369 e. The van der Waals surface area contributed by atoms with Gasteiger partial charge in [0, 0.05) is 25.1 Å². The van der Waals surface area contributed by atoms with Crippen LogP contribution in [0.25, 0.3) is 0 Å². The van der Waals surface area contributed by atoms with E-state index in [1.165, 1.54) is 0 Å². The van der Waals surface area contributed by atoms with Crippen molar-refractivity contribution in [2.75, 3.05) is 24.6 Å². The van der Waals surface area contributed by atoms with E-state index in [-0.39, 0.29) is 11.8 Å². The van der Waals surface area contributed by atoms with Crippen LogP contribution < -0.4 is 16.4 Å². The zero-order valence-corrected chi connectivity index (χ0v) is 13.8. The standard InChI is InChI=1S/C16H27N5O/c1-4-13-10(2)14(21-16(17)20-13)19-9-11-5-7-12(8-6-11)15(22)18-3/h11-12H,4-9H2,1-3H3,(H,18,22)(H3,17,19,20,21). The maximum atomic E-state index is 11.6. The Kier molecular flexibility index (Phi) is 5.57. The van der Waals surface area contributed by atoms with E-state index >= 15 is 0 Å². The number of nitrogens with two attached hydrogens (primary N) is 1. The van der Waals surface area contributed by atoms with Crippen LogP contribution in [-0.2, 0) is 11.2 Å². The van der Waals surface area contributed by atoms with E-state index in [4.69, 9.17) is 5.73 Å². The first kappa shape index (κ1) is 16.5. The van der Waals surface area contributed by atoms with Crippen molar-refractivity contribution in [3.63, 3.8) is 0 Å². The van der Waals surface area contributed by atoms with E-state index < -0.39 is 0 Å². The summed E-state index contributed by atoms with van der Waals surface area (Å²) < 4.78 is 0. The second-order valence-corrected chi connectivity index (χ2v) is 6.07. The third kappa shape index (κ3) is 3.87. The Bertz CT molecular complexity index is 524. The molecule has 4 N–H and O–H groups in total. The number of nitrogen functional groups attached to an aromatic ring is 1. The lowest BCUT2D eigenvalue weighted by Gasteiger charge is -2.27. The van der Waals surface area contributed by atoms with Gasteiger partial charge in [0.15, 0.2) is 0 Å². The molecule has 0 bridgehead atoms. The van der Waals surface area contributed by atoms with Gasteiger partial charge < -0.3 is 16.4 Å². The van der Waals surface area contributed by atoms with Crippen LogP contribution in [0.4, 0.5) is 11.8 Å². The van der Waals surface area contributed by atoms with Gasteiger partial charge in [-0.1, -0.05) is 6.92 Å². The topological polar surface area (TPSA) is 92.9 Å². The molecule has 0 atom stereocenters. The Morgan fingerprint density at radius 1 is 1.27 bits per heavy atom. The Labute approximate surface area is 132 Å². The third-order valence-electron chi connectivity index (χ3n) is 4.62. The zero-order chi connectivity index (χ0) is 16.1. The van der Waals surface area contributed by atoms with Gasteiger partial charge in [0.05, 0.1) is 5.69 Å². The van der Waals surface area contributed by atoms with Crippen molar-refractivity contribution >= 4 is 17.7 Å². The van der Waals surface area contributed by atoms with Crippen molar-refractivity contribution in [2.24, 2.45) is 11.8 Å². The van der Waals surface area contributed by atoms with Crippen molar-refractivity contribution in [3.8, 4) is 0 Å². The van der Waals surface area contributed by atoms with Gasteiger partial charge in [-0.2, -0.15) is 4.98 Å². The van der Waals surface area contributed by atoms with Crippen LogP contribution in [-0.4, -0.2) is 29.5 Å². The van der Waals surface area contributed by atoms with Crippen LogP contribution in [0.5, 0.6) is 0 Å². The minimum atomic E-state index is 0.179. The summed E-state index contributed by atoms with van der Waals surface area (Å²) in [5.74, 6) is 2.12. The molecule has 2 rings (SSSR count).